The molecule has 100 valence electrons. The summed E-state index contributed by atoms with van der Waals surface area (Å²) in [5.74, 6) is 0. The maximum Gasteiger partial charge on any atom is 0.0952 e. The minimum Gasteiger partial charge on any atom is -0.394 e. The van der Waals surface area contributed by atoms with Crippen LogP contribution in [0, 0.1) is 0 Å². The van der Waals surface area contributed by atoms with E-state index < -0.39 is 0 Å². The van der Waals surface area contributed by atoms with Gasteiger partial charge in [0.2, 0.25) is 0 Å². The smallest absolute Gasteiger partial charge is 0.0952 e. The molecule has 1 aromatic rings. The molecule has 3 heteroatoms. The van der Waals surface area contributed by atoms with E-state index in [4.69, 9.17) is 4.74 Å². The van der Waals surface area contributed by atoms with E-state index in [-0.39, 0.29) is 18.2 Å². The van der Waals surface area contributed by atoms with Crippen LogP contribution in [-0.2, 0) is 11.2 Å². The second-order valence-electron chi connectivity index (χ2n) is 5.26. The molecule has 3 nitrogen and oxygen atoms in total. The van der Waals surface area contributed by atoms with Gasteiger partial charge in [0.1, 0.15) is 0 Å². The van der Waals surface area contributed by atoms with E-state index in [1.807, 2.05) is 6.92 Å². The average Bonchev–Trinajstić information content (AvgIpc) is 2.44. The van der Waals surface area contributed by atoms with Crippen LogP contribution in [0.15, 0.2) is 24.3 Å². The topological polar surface area (TPSA) is 41.5 Å². The van der Waals surface area contributed by atoms with E-state index >= 15 is 0 Å². The Hall–Kier alpha value is -0.900. The highest BCUT2D eigenvalue weighted by Gasteiger charge is 2.25. The van der Waals surface area contributed by atoms with Crippen LogP contribution in [0.2, 0.25) is 0 Å². The Kier molecular flexibility index (Phi) is 4.38. The molecule has 1 heterocycles. The van der Waals surface area contributed by atoms with Crippen molar-refractivity contribution in [3.8, 4) is 0 Å². The Morgan fingerprint density at radius 1 is 1.44 bits per heavy atom. The fraction of sp³-hybridized carbons (Fsp3) is 0.600. The second kappa shape index (κ2) is 5.83. The highest BCUT2D eigenvalue weighted by Crippen LogP contribution is 2.26. The summed E-state index contributed by atoms with van der Waals surface area (Å²) in [6.07, 6.45) is 2.00. The van der Waals surface area contributed by atoms with Crippen LogP contribution in [-0.4, -0.2) is 30.4 Å². The molecule has 0 radical (unpaired) electrons. The van der Waals surface area contributed by atoms with Gasteiger partial charge in [0.25, 0.3) is 0 Å². The Balaban J connectivity index is 2.03. The van der Waals surface area contributed by atoms with Gasteiger partial charge in [0.05, 0.1) is 19.3 Å². The standard InChI is InChI=1S/C15H23NO2/c1-3-15(2,11-17)16-10-14-13-7-5-4-6-12(13)8-9-18-14/h4-7,14,16-17H,3,8-11H2,1-2H3. The van der Waals surface area contributed by atoms with Crippen molar-refractivity contribution in [3.05, 3.63) is 35.4 Å². The van der Waals surface area contributed by atoms with Crippen LogP contribution in [0.1, 0.15) is 37.5 Å². The number of fused-ring (bicyclic) bond motifs is 1. The highest BCUT2D eigenvalue weighted by molar-refractivity contribution is 5.31. The third-order valence-electron chi connectivity index (χ3n) is 3.94. The molecule has 1 aromatic carbocycles. The van der Waals surface area contributed by atoms with E-state index in [2.05, 4.69) is 36.5 Å². The Labute approximate surface area is 109 Å². The fourth-order valence-electron chi connectivity index (χ4n) is 2.28. The zero-order chi connectivity index (χ0) is 13.0. The van der Waals surface area contributed by atoms with Crippen molar-refractivity contribution in [2.45, 2.75) is 38.3 Å². The third kappa shape index (κ3) is 2.91. The first-order chi connectivity index (χ1) is 8.68. The fourth-order valence-corrected chi connectivity index (χ4v) is 2.28. The molecule has 2 unspecified atom stereocenters. The minimum absolute atomic E-state index is 0.104. The molecule has 0 fully saturated rings. The summed E-state index contributed by atoms with van der Waals surface area (Å²) in [4.78, 5) is 0. The molecule has 18 heavy (non-hydrogen) atoms. The molecule has 0 amide bonds. The Morgan fingerprint density at radius 2 is 2.22 bits per heavy atom. The monoisotopic (exact) mass is 249 g/mol. The van der Waals surface area contributed by atoms with Gasteiger partial charge in [-0.15, -0.1) is 0 Å². The maximum atomic E-state index is 9.41. The lowest BCUT2D eigenvalue weighted by atomic mass is 9.95. The lowest BCUT2D eigenvalue weighted by Crippen LogP contribution is -2.47. The van der Waals surface area contributed by atoms with Gasteiger partial charge < -0.3 is 15.2 Å². The third-order valence-corrected chi connectivity index (χ3v) is 3.94. The molecular formula is C15H23NO2. The summed E-state index contributed by atoms with van der Waals surface area (Å²) in [6, 6.07) is 8.46. The van der Waals surface area contributed by atoms with Crippen LogP contribution in [0.5, 0.6) is 0 Å². The number of aliphatic hydroxyl groups is 1. The van der Waals surface area contributed by atoms with Gasteiger partial charge in [0, 0.05) is 12.1 Å². The normalized spacial score (nSPS) is 22.3. The first kappa shape index (κ1) is 13.5. The van der Waals surface area contributed by atoms with Crippen molar-refractivity contribution in [3.63, 3.8) is 0 Å². The van der Waals surface area contributed by atoms with Gasteiger partial charge in [-0.25, -0.2) is 0 Å². The van der Waals surface area contributed by atoms with Gasteiger partial charge in [-0.3, -0.25) is 0 Å². The lowest BCUT2D eigenvalue weighted by molar-refractivity contribution is 0.0328. The molecule has 2 N–H and O–H groups in total. The summed E-state index contributed by atoms with van der Waals surface area (Å²) in [6.45, 7) is 5.81. The molecule has 1 aliphatic rings. The van der Waals surface area contributed by atoms with E-state index in [1.54, 1.807) is 0 Å². The number of ether oxygens (including phenoxy) is 1. The van der Waals surface area contributed by atoms with E-state index in [0.29, 0.717) is 0 Å². The average molecular weight is 249 g/mol. The summed E-state index contributed by atoms with van der Waals surface area (Å²) in [7, 11) is 0. The lowest BCUT2D eigenvalue weighted by Gasteiger charge is -2.32. The molecule has 0 aromatic heterocycles. The molecule has 0 spiro atoms. The molecule has 2 rings (SSSR count). The summed E-state index contributed by atoms with van der Waals surface area (Å²) < 4.78 is 5.84. The van der Waals surface area contributed by atoms with E-state index in [9.17, 15) is 5.11 Å². The molecule has 0 saturated heterocycles. The minimum atomic E-state index is -0.213. The van der Waals surface area contributed by atoms with Crippen LogP contribution in [0.25, 0.3) is 0 Å². The molecule has 2 atom stereocenters. The maximum absolute atomic E-state index is 9.41. The number of benzene rings is 1. The first-order valence-electron chi connectivity index (χ1n) is 6.74. The van der Waals surface area contributed by atoms with E-state index in [0.717, 1.165) is 26.0 Å². The number of nitrogens with one attached hydrogen (secondary N) is 1. The number of aliphatic hydroxyl groups excluding tert-OH is 1. The Morgan fingerprint density at radius 3 is 2.94 bits per heavy atom. The first-order valence-corrected chi connectivity index (χ1v) is 6.74. The van der Waals surface area contributed by atoms with Gasteiger partial charge in [-0.05, 0) is 30.9 Å². The molecule has 0 saturated carbocycles. The molecular weight excluding hydrogens is 226 g/mol. The van der Waals surface area contributed by atoms with Crippen molar-refractivity contribution in [2.24, 2.45) is 0 Å². The van der Waals surface area contributed by atoms with Crippen LogP contribution in [0.3, 0.4) is 0 Å². The quantitative estimate of drug-likeness (QED) is 0.839. The van der Waals surface area contributed by atoms with Gasteiger partial charge in [-0.2, -0.15) is 0 Å². The molecule has 1 aliphatic heterocycles. The van der Waals surface area contributed by atoms with E-state index in [1.165, 1.54) is 11.1 Å². The number of rotatable bonds is 5. The van der Waals surface area contributed by atoms with Gasteiger partial charge in [0.15, 0.2) is 0 Å². The highest BCUT2D eigenvalue weighted by atomic mass is 16.5. The van der Waals surface area contributed by atoms with Gasteiger partial charge >= 0.3 is 0 Å². The van der Waals surface area contributed by atoms with Gasteiger partial charge in [-0.1, -0.05) is 31.2 Å². The Bertz CT molecular complexity index is 388. The zero-order valence-electron chi connectivity index (χ0n) is 11.3. The van der Waals surface area contributed by atoms with Crippen molar-refractivity contribution < 1.29 is 9.84 Å². The van der Waals surface area contributed by atoms with Crippen molar-refractivity contribution >= 4 is 0 Å². The molecule has 0 bridgehead atoms. The van der Waals surface area contributed by atoms with Crippen LogP contribution >= 0.6 is 0 Å². The largest absolute Gasteiger partial charge is 0.394 e. The number of hydrogen-bond acceptors (Lipinski definition) is 3. The molecule has 0 aliphatic carbocycles. The summed E-state index contributed by atoms with van der Waals surface area (Å²) in [5, 5.41) is 12.8. The predicted octanol–water partition coefficient (Wildman–Crippen LogP) is 2.05. The SMILES string of the molecule is CCC(C)(CO)NCC1OCCc2ccccc21. The summed E-state index contributed by atoms with van der Waals surface area (Å²) >= 11 is 0. The summed E-state index contributed by atoms with van der Waals surface area (Å²) in [5.41, 5.74) is 2.46. The van der Waals surface area contributed by atoms with Crippen molar-refractivity contribution in [1.82, 2.24) is 5.32 Å². The number of hydrogen-bond donors (Lipinski definition) is 2. The van der Waals surface area contributed by atoms with Crippen LogP contribution < -0.4 is 5.32 Å². The van der Waals surface area contributed by atoms with Crippen LogP contribution in [0.4, 0.5) is 0 Å². The van der Waals surface area contributed by atoms with Crippen molar-refractivity contribution in [2.75, 3.05) is 19.8 Å². The zero-order valence-corrected chi connectivity index (χ0v) is 11.3. The second-order valence-corrected chi connectivity index (χ2v) is 5.26. The van der Waals surface area contributed by atoms with Crippen molar-refractivity contribution in [1.29, 1.82) is 0 Å². The predicted molar refractivity (Wildman–Crippen MR) is 72.6 cm³/mol.